The zero-order valence-electron chi connectivity index (χ0n) is 11.5. The molecule has 0 unspecified atom stereocenters. The average molecular weight is 308 g/mol. The first-order chi connectivity index (χ1) is 9.83. The van der Waals surface area contributed by atoms with Gasteiger partial charge < -0.3 is 9.64 Å². The molecule has 0 fully saturated rings. The molecule has 1 aromatic rings. The van der Waals surface area contributed by atoms with E-state index in [2.05, 4.69) is 4.98 Å². The number of halogens is 4. The lowest BCUT2D eigenvalue weighted by molar-refractivity contribution is -0.141. The van der Waals surface area contributed by atoms with Crippen molar-refractivity contribution in [2.75, 3.05) is 26.3 Å². The number of aromatic nitrogens is 1. The van der Waals surface area contributed by atoms with Gasteiger partial charge in [0.2, 0.25) is 5.95 Å². The molecule has 0 aliphatic carbocycles. The second kappa shape index (κ2) is 7.92. The highest BCUT2D eigenvalue weighted by Gasteiger charge is 2.33. The summed E-state index contributed by atoms with van der Waals surface area (Å²) in [7, 11) is 0. The van der Waals surface area contributed by atoms with E-state index in [1.54, 1.807) is 6.92 Å². The van der Waals surface area contributed by atoms with Crippen LogP contribution in [0.4, 0.5) is 17.6 Å². The number of pyridine rings is 1. The highest BCUT2D eigenvalue weighted by atomic mass is 19.4. The molecule has 118 valence electrons. The fourth-order valence-electron chi connectivity index (χ4n) is 1.66. The summed E-state index contributed by atoms with van der Waals surface area (Å²) in [5, 5.41) is 0. The molecule has 1 rings (SSSR count). The van der Waals surface area contributed by atoms with Gasteiger partial charge in [0.25, 0.3) is 5.91 Å². The maximum atomic E-state index is 13.0. The molecule has 1 heterocycles. The molecule has 4 nitrogen and oxygen atoms in total. The first-order valence-electron chi connectivity index (χ1n) is 6.40. The zero-order valence-corrected chi connectivity index (χ0v) is 11.5. The van der Waals surface area contributed by atoms with E-state index in [9.17, 15) is 22.4 Å². The van der Waals surface area contributed by atoms with E-state index in [-0.39, 0.29) is 25.3 Å². The van der Waals surface area contributed by atoms with Crippen LogP contribution in [0.1, 0.15) is 23.8 Å². The van der Waals surface area contributed by atoms with Gasteiger partial charge in [-0.15, -0.1) is 0 Å². The summed E-state index contributed by atoms with van der Waals surface area (Å²) in [6.45, 7) is 0.898. The first kappa shape index (κ1) is 17.4. The summed E-state index contributed by atoms with van der Waals surface area (Å²) in [4.78, 5) is 15.9. The lowest BCUT2D eigenvalue weighted by Crippen LogP contribution is -2.40. The monoisotopic (exact) mass is 308 g/mol. The van der Waals surface area contributed by atoms with E-state index in [1.807, 2.05) is 0 Å². The second-order valence-electron chi connectivity index (χ2n) is 4.24. The topological polar surface area (TPSA) is 42.4 Å². The number of amides is 1. The largest absolute Gasteiger partial charge is 0.406 e. The molecule has 0 saturated heterocycles. The van der Waals surface area contributed by atoms with Crippen molar-refractivity contribution in [3.05, 3.63) is 29.8 Å². The van der Waals surface area contributed by atoms with Crippen molar-refractivity contribution in [2.45, 2.75) is 19.5 Å². The van der Waals surface area contributed by atoms with Gasteiger partial charge in [-0.2, -0.15) is 17.6 Å². The van der Waals surface area contributed by atoms with Gasteiger partial charge in [-0.1, -0.05) is 6.07 Å². The fraction of sp³-hybridized carbons (Fsp3) is 0.538. The lowest BCUT2D eigenvalue weighted by atomic mass is 10.3. The number of rotatable bonds is 7. The number of carbonyl (C=O) groups is 1. The van der Waals surface area contributed by atoms with Crippen molar-refractivity contribution < 1.29 is 27.1 Å². The summed E-state index contributed by atoms with van der Waals surface area (Å²) < 4.78 is 55.5. The predicted octanol–water partition coefficient (Wildman–Crippen LogP) is 2.65. The molecular formula is C13H16F4N2O2. The van der Waals surface area contributed by atoms with Gasteiger partial charge >= 0.3 is 6.18 Å². The van der Waals surface area contributed by atoms with E-state index in [4.69, 9.17) is 4.74 Å². The molecule has 0 aliphatic rings. The summed E-state index contributed by atoms with van der Waals surface area (Å²) in [5.74, 6) is -1.87. The molecule has 0 spiro atoms. The van der Waals surface area contributed by atoms with Crippen molar-refractivity contribution in [3.63, 3.8) is 0 Å². The van der Waals surface area contributed by atoms with Crippen LogP contribution < -0.4 is 0 Å². The molecule has 0 atom stereocenters. The number of alkyl halides is 3. The third-order valence-electron chi connectivity index (χ3n) is 2.51. The Bertz CT molecular complexity index is 466. The minimum Gasteiger partial charge on any atom is -0.382 e. The van der Waals surface area contributed by atoms with Crippen molar-refractivity contribution in [1.82, 2.24) is 9.88 Å². The number of hydrogen-bond donors (Lipinski definition) is 0. The van der Waals surface area contributed by atoms with Crippen LogP contribution in [0, 0.1) is 5.95 Å². The smallest absolute Gasteiger partial charge is 0.382 e. The molecule has 0 N–H and O–H groups in total. The summed E-state index contributed by atoms with van der Waals surface area (Å²) in [6.07, 6.45) is -4.28. The maximum absolute atomic E-state index is 13.0. The Morgan fingerprint density at radius 1 is 1.38 bits per heavy atom. The fourth-order valence-corrected chi connectivity index (χ4v) is 1.66. The van der Waals surface area contributed by atoms with Gasteiger partial charge in [-0.05, 0) is 25.5 Å². The third kappa shape index (κ3) is 6.52. The van der Waals surface area contributed by atoms with Gasteiger partial charge in [0.15, 0.2) is 0 Å². The highest BCUT2D eigenvalue weighted by molar-refractivity contribution is 5.92. The van der Waals surface area contributed by atoms with Crippen molar-refractivity contribution in [2.24, 2.45) is 0 Å². The van der Waals surface area contributed by atoms with E-state index in [1.165, 1.54) is 12.1 Å². The van der Waals surface area contributed by atoms with E-state index in [0.29, 0.717) is 11.5 Å². The average Bonchev–Trinajstić information content (AvgIpc) is 2.40. The molecule has 0 aliphatic heterocycles. The van der Waals surface area contributed by atoms with Crippen LogP contribution in [-0.2, 0) is 4.74 Å². The quantitative estimate of drug-likeness (QED) is 0.442. The molecule has 1 amide bonds. The molecule has 0 saturated carbocycles. The van der Waals surface area contributed by atoms with Crippen molar-refractivity contribution in [1.29, 1.82) is 0 Å². The van der Waals surface area contributed by atoms with Gasteiger partial charge in [-0.25, -0.2) is 4.98 Å². The lowest BCUT2D eigenvalue weighted by Gasteiger charge is -2.23. The molecule has 0 aromatic carbocycles. The normalized spacial score (nSPS) is 11.5. The van der Waals surface area contributed by atoms with Gasteiger partial charge in [-0.3, -0.25) is 4.79 Å². The minimum atomic E-state index is -4.53. The number of nitrogens with zero attached hydrogens (tertiary/aromatic N) is 2. The van der Waals surface area contributed by atoms with E-state index in [0.717, 1.165) is 6.07 Å². The summed E-state index contributed by atoms with van der Waals surface area (Å²) in [5.41, 5.74) is -0.351. The third-order valence-corrected chi connectivity index (χ3v) is 2.51. The molecule has 21 heavy (non-hydrogen) atoms. The standard InChI is InChI=1S/C13H16F4N2O2/c1-2-21-8-4-7-19(9-13(15,16)17)12(20)10-5-3-6-11(14)18-10/h3,5-6H,2,4,7-9H2,1H3. The Labute approximate surface area is 119 Å². The number of hydrogen-bond acceptors (Lipinski definition) is 3. The SMILES string of the molecule is CCOCCCN(CC(F)(F)F)C(=O)c1cccc(F)n1. The number of ether oxygens (including phenoxy) is 1. The van der Waals surface area contributed by atoms with E-state index >= 15 is 0 Å². The Kier molecular flexibility index (Phi) is 6.54. The molecule has 0 bridgehead atoms. The summed E-state index contributed by atoms with van der Waals surface area (Å²) in [6, 6.07) is 3.42. The molecule has 0 radical (unpaired) electrons. The molecular weight excluding hydrogens is 292 g/mol. The van der Waals surface area contributed by atoms with Crippen LogP contribution >= 0.6 is 0 Å². The minimum absolute atomic E-state index is 0.142. The Morgan fingerprint density at radius 3 is 2.67 bits per heavy atom. The van der Waals surface area contributed by atoms with Crippen LogP contribution in [-0.4, -0.2) is 48.3 Å². The van der Waals surface area contributed by atoms with Crippen LogP contribution in [0.2, 0.25) is 0 Å². The Morgan fingerprint density at radius 2 is 2.10 bits per heavy atom. The maximum Gasteiger partial charge on any atom is 0.406 e. The van der Waals surface area contributed by atoms with Gasteiger partial charge in [0.1, 0.15) is 12.2 Å². The van der Waals surface area contributed by atoms with Crippen LogP contribution in [0.25, 0.3) is 0 Å². The zero-order chi connectivity index (χ0) is 15.9. The Hall–Kier alpha value is -1.70. The second-order valence-corrected chi connectivity index (χ2v) is 4.24. The van der Waals surface area contributed by atoms with Crippen molar-refractivity contribution in [3.8, 4) is 0 Å². The van der Waals surface area contributed by atoms with E-state index < -0.39 is 24.6 Å². The van der Waals surface area contributed by atoms with Gasteiger partial charge in [0.05, 0.1) is 0 Å². The van der Waals surface area contributed by atoms with Gasteiger partial charge in [0, 0.05) is 19.8 Å². The number of carbonyl (C=O) groups excluding carboxylic acids is 1. The highest BCUT2D eigenvalue weighted by Crippen LogP contribution is 2.18. The molecule has 8 heteroatoms. The van der Waals surface area contributed by atoms with Crippen LogP contribution in [0.15, 0.2) is 18.2 Å². The van der Waals surface area contributed by atoms with Crippen molar-refractivity contribution >= 4 is 5.91 Å². The molecule has 1 aromatic heterocycles. The van der Waals surface area contributed by atoms with Crippen LogP contribution in [0.3, 0.4) is 0 Å². The Balaban J connectivity index is 2.76. The predicted molar refractivity (Wildman–Crippen MR) is 67.3 cm³/mol. The van der Waals surface area contributed by atoms with Crippen LogP contribution in [0.5, 0.6) is 0 Å². The first-order valence-corrected chi connectivity index (χ1v) is 6.40. The summed E-state index contributed by atoms with van der Waals surface area (Å²) >= 11 is 0.